The van der Waals surface area contributed by atoms with Gasteiger partial charge in [0.25, 0.3) is 0 Å². The normalized spacial score (nSPS) is 14.3. The molecule has 0 bridgehead atoms. The average molecular weight is 753 g/mol. The minimum absolute atomic E-state index is 0.0138. The maximum atomic E-state index is 14.2. The number of benzene rings is 1. The Bertz CT molecular complexity index is 1150. The Morgan fingerprint density at radius 3 is 1.37 bits per heavy atom. The van der Waals surface area contributed by atoms with Crippen LogP contribution in [0.2, 0.25) is 0 Å². The molecule has 288 valence electrons. The van der Waals surface area contributed by atoms with Crippen molar-refractivity contribution < 1.29 is 84.1 Å². The van der Waals surface area contributed by atoms with Crippen LogP contribution in [-0.4, -0.2) is 61.4 Å². The van der Waals surface area contributed by atoms with Crippen molar-refractivity contribution in [2.75, 3.05) is 13.7 Å². The molecule has 0 saturated heterocycles. The summed E-state index contributed by atoms with van der Waals surface area (Å²) in [7, 11) is 1.17. The molecule has 0 aliphatic rings. The van der Waals surface area contributed by atoms with Crippen molar-refractivity contribution in [3.05, 3.63) is 23.8 Å². The molecular formula is C30H37F17O2. The van der Waals surface area contributed by atoms with Gasteiger partial charge in [-0.1, -0.05) is 70.8 Å². The Morgan fingerprint density at radius 2 is 0.918 bits per heavy atom. The van der Waals surface area contributed by atoms with E-state index < -0.39 is 66.9 Å². The van der Waals surface area contributed by atoms with E-state index in [2.05, 4.69) is 6.92 Å². The number of rotatable bonds is 23. The number of hydrogen-bond donors (Lipinski definition) is 0. The number of hydrogen-bond acceptors (Lipinski definition) is 2. The van der Waals surface area contributed by atoms with Gasteiger partial charge in [-0.15, -0.1) is 0 Å². The van der Waals surface area contributed by atoms with E-state index in [1.807, 2.05) is 0 Å². The minimum atomic E-state index is -8.63. The van der Waals surface area contributed by atoms with Crippen LogP contribution in [0.3, 0.4) is 0 Å². The Balaban J connectivity index is 2.89. The van der Waals surface area contributed by atoms with Crippen molar-refractivity contribution in [2.45, 2.75) is 138 Å². The summed E-state index contributed by atoms with van der Waals surface area (Å²) >= 11 is 0. The van der Waals surface area contributed by atoms with Crippen molar-refractivity contribution in [3.8, 4) is 11.5 Å². The van der Waals surface area contributed by atoms with Crippen molar-refractivity contribution in [3.63, 3.8) is 0 Å². The number of aryl methyl sites for hydroxylation is 1. The standard InChI is InChI=1S/C30H37F17O2/c1-3-4-5-6-7-8-9-10-11-12-18-49-21-16-15-20(19-22(21)48-2)14-13-17-23(31,32)24(33,34)25(35,36)26(37,38)27(39,40)28(41,42)29(43,44)30(45,46)47/h15-16,19H,3-14,17-18H2,1-2H3. The van der Waals surface area contributed by atoms with Gasteiger partial charge >= 0.3 is 47.6 Å². The first kappa shape index (κ1) is 44.7. The molecule has 1 aromatic carbocycles. The van der Waals surface area contributed by atoms with E-state index in [9.17, 15) is 74.6 Å². The molecule has 19 heteroatoms. The predicted molar refractivity (Wildman–Crippen MR) is 144 cm³/mol. The van der Waals surface area contributed by atoms with Crippen LogP contribution in [0.15, 0.2) is 18.2 Å². The molecule has 0 radical (unpaired) electrons. The van der Waals surface area contributed by atoms with Crippen LogP contribution in [0.25, 0.3) is 0 Å². The third kappa shape index (κ3) is 9.50. The van der Waals surface area contributed by atoms with E-state index in [-0.39, 0.29) is 23.7 Å². The highest BCUT2D eigenvalue weighted by Crippen LogP contribution is 2.64. The van der Waals surface area contributed by atoms with Gasteiger partial charge in [0, 0.05) is 6.42 Å². The number of unbranched alkanes of at least 4 members (excludes halogenated alkanes) is 9. The SMILES string of the molecule is CCCCCCCCCCCCOc1ccc(CCCC(F)(F)C(F)(F)C(F)(F)C(F)(F)C(F)(F)C(F)(F)C(F)(F)C(F)(F)F)cc1OC. The molecule has 0 fully saturated rings. The lowest BCUT2D eigenvalue weighted by molar-refractivity contribution is -0.461. The maximum absolute atomic E-state index is 14.2. The highest BCUT2D eigenvalue weighted by Gasteiger charge is 2.95. The lowest BCUT2D eigenvalue weighted by atomic mass is 9.87. The third-order valence-corrected chi connectivity index (χ3v) is 7.73. The highest BCUT2D eigenvalue weighted by atomic mass is 19.4. The molecule has 0 unspecified atom stereocenters. The van der Waals surface area contributed by atoms with Crippen LogP contribution in [0.4, 0.5) is 74.6 Å². The second kappa shape index (κ2) is 16.8. The molecule has 49 heavy (non-hydrogen) atoms. The molecule has 0 heterocycles. The van der Waals surface area contributed by atoms with Crippen molar-refractivity contribution in [1.29, 1.82) is 0 Å². The molecule has 1 rings (SSSR count). The Kier molecular flexibility index (Phi) is 15.3. The fourth-order valence-corrected chi connectivity index (χ4v) is 4.63. The molecule has 0 aliphatic carbocycles. The minimum Gasteiger partial charge on any atom is -0.493 e. The van der Waals surface area contributed by atoms with Gasteiger partial charge in [-0.3, -0.25) is 0 Å². The first-order chi connectivity index (χ1) is 22.2. The number of halogens is 17. The summed E-state index contributed by atoms with van der Waals surface area (Å²) in [6.45, 7) is 2.38. The first-order valence-electron chi connectivity index (χ1n) is 15.2. The molecule has 0 amide bonds. The van der Waals surface area contributed by atoms with Gasteiger partial charge in [-0.25, -0.2) is 0 Å². The molecule has 0 spiro atoms. The largest absolute Gasteiger partial charge is 0.493 e. The summed E-state index contributed by atoms with van der Waals surface area (Å²) in [6.07, 6.45) is -1.63. The lowest BCUT2D eigenvalue weighted by Gasteiger charge is -2.42. The van der Waals surface area contributed by atoms with Crippen LogP contribution >= 0.6 is 0 Å². The fraction of sp³-hybridized carbons (Fsp3) is 0.800. The third-order valence-electron chi connectivity index (χ3n) is 7.73. The van der Waals surface area contributed by atoms with Gasteiger partial charge in [-0.05, 0) is 37.0 Å². The summed E-state index contributed by atoms with van der Waals surface area (Å²) in [5.41, 5.74) is 0.0138. The molecule has 0 aliphatic heterocycles. The van der Waals surface area contributed by atoms with Crippen LogP contribution in [-0.2, 0) is 6.42 Å². The topological polar surface area (TPSA) is 18.5 Å². The van der Waals surface area contributed by atoms with E-state index >= 15 is 0 Å². The van der Waals surface area contributed by atoms with Crippen molar-refractivity contribution in [1.82, 2.24) is 0 Å². The number of alkyl halides is 17. The summed E-state index contributed by atoms with van der Waals surface area (Å²) in [4.78, 5) is 0. The first-order valence-corrected chi connectivity index (χ1v) is 15.2. The van der Waals surface area contributed by atoms with Gasteiger partial charge in [0.05, 0.1) is 13.7 Å². The quantitative estimate of drug-likeness (QED) is 0.0819. The van der Waals surface area contributed by atoms with Gasteiger partial charge in [-0.2, -0.15) is 74.6 Å². The Labute approximate surface area is 271 Å². The van der Waals surface area contributed by atoms with E-state index in [1.54, 1.807) is 0 Å². The molecule has 0 atom stereocenters. The van der Waals surface area contributed by atoms with Crippen molar-refractivity contribution in [2.24, 2.45) is 0 Å². The maximum Gasteiger partial charge on any atom is 0.460 e. The monoisotopic (exact) mass is 752 g/mol. The molecule has 0 N–H and O–H groups in total. The zero-order valence-corrected chi connectivity index (χ0v) is 26.4. The zero-order valence-electron chi connectivity index (χ0n) is 26.4. The number of methoxy groups -OCH3 is 1. The van der Waals surface area contributed by atoms with Gasteiger partial charge < -0.3 is 9.47 Å². The van der Waals surface area contributed by atoms with Gasteiger partial charge in [0.1, 0.15) is 0 Å². The number of ether oxygens (including phenoxy) is 2. The van der Waals surface area contributed by atoms with Crippen LogP contribution in [0.5, 0.6) is 11.5 Å². The summed E-state index contributed by atoms with van der Waals surface area (Å²) < 4.78 is 239. The molecule has 2 nitrogen and oxygen atoms in total. The van der Waals surface area contributed by atoms with Crippen molar-refractivity contribution >= 4 is 0 Å². The smallest absolute Gasteiger partial charge is 0.460 e. The van der Waals surface area contributed by atoms with Crippen LogP contribution in [0.1, 0.15) is 89.5 Å². The second-order valence-corrected chi connectivity index (χ2v) is 11.5. The highest BCUT2D eigenvalue weighted by molar-refractivity contribution is 5.43. The van der Waals surface area contributed by atoms with Gasteiger partial charge in [0.15, 0.2) is 11.5 Å². The molecule has 0 saturated carbocycles. The van der Waals surface area contributed by atoms with E-state index in [0.29, 0.717) is 6.42 Å². The predicted octanol–water partition coefficient (Wildman–Crippen LogP) is 12.3. The molecule has 0 aromatic heterocycles. The average Bonchev–Trinajstić information content (AvgIpc) is 2.99. The lowest BCUT2D eigenvalue weighted by Crippen LogP contribution is -2.74. The van der Waals surface area contributed by atoms with E-state index in [1.165, 1.54) is 38.5 Å². The zero-order chi connectivity index (χ0) is 38.2. The van der Waals surface area contributed by atoms with Crippen LogP contribution < -0.4 is 9.47 Å². The molecular weight excluding hydrogens is 715 g/mol. The second-order valence-electron chi connectivity index (χ2n) is 11.5. The van der Waals surface area contributed by atoms with Crippen LogP contribution in [0, 0.1) is 0 Å². The molecule has 1 aromatic rings. The summed E-state index contributed by atoms with van der Waals surface area (Å²) in [5.74, 6) is -56.0. The Morgan fingerprint density at radius 1 is 0.490 bits per heavy atom. The summed E-state index contributed by atoms with van der Waals surface area (Å²) in [6, 6.07) is 3.65. The van der Waals surface area contributed by atoms with Gasteiger partial charge in [0.2, 0.25) is 0 Å². The summed E-state index contributed by atoms with van der Waals surface area (Å²) in [5, 5.41) is 0. The fourth-order valence-electron chi connectivity index (χ4n) is 4.63. The Hall–Kier alpha value is -2.37. The van der Waals surface area contributed by atoms with E-state index in [4.69, 9.17) is 9.47 Å². The van der Waals surface area contributed by atoms with E-state index in [0.717, 1.165) is 44.6 Å².